The van der Waals surface area contributed by atoms with Gasteiger partial charge in [0.1, 0.15) is 11.7 Å². The molecule has 0 bridgehead atoms. The number of ketones is 1. The van der Waals surface area contributed by atoms with Gasteiger partial charge in [0, 0.05) is 0 Å². The van der Waals surface area contributed by atoms with Crippen molar-refractivity contribution in [3.8, 4) is 11.8 Å². The number of halogens is 1. The lowest BCUT2D eigenvalue weighted by molar-refractivity contribution is 0.0978. The van der Waals surface area contributed by atoms with E-state index in [0.29, 0.717) is 11.3 Å². The van der Waals surface area contributed by atoms with E-state index in [4.69, 9.17) is 20.8 Å². The van der Waals surface area contributed by atoms with Crippen LogP contribution >= 0.6 is 11.6 Å². The molecule has 0 aliphatic heterocycles. The summed E-state index contributed by atoms with van der Waals surface area (Å²) in [7, 11) is 1.54. The van der Waals surface area contributed by atoms with Crippen LogP contribution in [0.1, 0.15) is 27.4 Å². The normalized spacial score (nSPS) is 11.7. The van der Waals surface area contributed by atoms with Crippen molar-refractivity contribution in [2.75, 3.05) is 7.11 Å². The Bertz CT molecular complexity index is 685. The standard InChI is InChI=1S/C15H12ClNO3/c1-9-3-4-10(7-13(9)19-2)12(8-17)14(18)11-5-6-20-15(11)16/h3-7,12H,1-2H3. The molecule has 0 N–H and O–H groups in total. The Hall–Kier alpha value is -2.25. The van der Waals surface area contributed by atoms with E-state index in [0.717, 1.165) is 5.56 Å². The summed E-state index contributed by atoms with van der Waals surface area (Å²) in [6.45, 7) is 1.89. The summed E-state index contributed by atoms with van der Waals surface area (Å²) in [4.78, 5) is 12.3. The van der Waals surface area contributed by atoms with Gasteiger partial charge in [-0.15, -0.1) is 0 Å². The Labute approximate surface area is 121 Å². The fourth-order valence-electron chi connectivity index (χ4n) is 1.93. The molecule has 1 aromatic carbocycles. The molecule has 102 valence electrons. The van der Waals surface area contributed by atoms with Crippen LogP contribution in [0.5, 0.6) is 5.75 Å². The minimum absolute atomic E-state index is 0.00525. The number of methoxy groups -OCH3 is 1. The van der Waals surface area contributed by atoms with Crippen molar-refractivity contribution in [3.05, 3.63) is 52.4 Å². The SMILES string of the molecule is COc1cc(C(C#N)C(=O)c2ccoc2Cl)ccc1C. The third kappa shape index (κ3) is 2.54. The molecule has 1 aromatic heterocycles. The molecule has 0 spiro atoms. The van der Waals surface area contributed by atoms with E-state index in [1.807, 2.05) is 19.1 Å². The number of Topliss-reactive ketones (excluding diaryl/α,β-unsaturated/α-hetero) is 1. The van der Waals surface area contributed by atoms with E-state index in [2.05, 4.69) is 0 Å². The second-order valence-electron chi connectivity index (χ2n) is 4.26. The molecule has 0 saturated heterocycles. The lowest BCUT2D eigenvalue weighted by Gasteiger charge is -2.11. The van der Waals surface area contributed by atoms with Gasteiger partial charge in [0.2, 0.25) is 5.22 Å². The highest BCUT2D eigenvalue weighted by Gasteiger charge is 2.25. The molecular formula is C15H12ClNO3. The molecule has 1 atom stereocenters. The van der Waals surface area contributed by atoms with Crippen LogP contribution in [0, 0.1) is 18.3 Å². The second kappa shape index (κ2) is 5.81. The Morgan fingerprint density at radius 2 is 2.20 bits per heavy atom. The molecule has 1 unspecified atom stereocenters. The number of aryl methyl sites for hydroxylation is 1. The van der Waals surface area contributed by atoms with Crippen molar-refractivity contribution in [2.45, 2.75) is 12.8 Å². The van der Waals surface area contributed by atoms with Crippen molar-refractivity contribution in [2.24, 2.45) is 0 Å². The molecule has 5 heteroatoms. The van der Waals surface area contributed by atoms with Crippen molar-refractivity contribution in [1.82, 2.24) is 0 Å². The van der Waals surface area contributed by atoms with Crippen molar-refractivity contribution < 1.29 is 13.9 Å². The molecule has 0 aliphatic carbocycles. The average Bonchev–Trinajstić information content (AvgIpc) is 2.87. The first-order chi connectivity index (χ1) is 9.58. The van der Waals surface area contributed by atoms with E-state index in [1.165, 1.54) is 12.3 Å². The van der Waals surface area contributed by atoms with Crippen LogP contribution in [0.2, 0.25) is 5.22 Å². The van der Waals surface area contributed by atoms with Gasteiger partial charge in [-0.3, -0.25) is 4.79 Å². The summed E-state index contributed by atoms with van der Waals surface area (Å²) >= 11 is 5.79. The number of rotatable bonds is 4. The number of nitrogens with zero attached hydrogens (tertiary/aromatic N) is 1. The van der Waals surface area contributed by atoms with E-state index < -0.39 is 11.7 Å². The molecular weight excluding hydrogens is 278 g/mol. The van der Waals surface area contributed by atoms with Gasteiger partial charge in [0.05, 0.1) is 25.0 Å². The Morgan fingerprint density at radius 1 is 1.45 bits per heavy atom. The Balaban J connectivity index is 2.41. The third-order valence-corrected chi connectivity index (χ3v) is 3.33. The predicted molar refractivity (Wildman–Crippen MR) is 74.1 cm³/mol. The molecule has 0 aliphatic rings. The summed E-state index contributed by atoms with van der Waals surface area (Å²) in [5.41, 5.74) is 1.71. The Kier molecular flexibility index (Phi) is 4.11. The first-order valence-electron chi connectivity index (χ1n) is 5.89. The molecule has 2 rings (SSSR count). The summed E-state index contributed by atoms with van der Waals surface area (Å²) in [5.74, 6) is -0.703. The predicted octanol–water partition coefficient (Wildman–Crippen LogP) is 3.74. The zero-order chi connectivity index (χ0) is 14.7. The average molecular weight is 290 g/mol. The molecule has 0 radical (unpaired) electrons. The Morgan fingerprint density at radius 3 is 2.75 bits per heavy atom. The molecule has 0 saturated carbocycles. The van der Waals surface area contributed by atoms with Gasteiger partial charge in [-0.1, -0.05) is 12.1 Å². The number of benzene rings is 1. The summed E-state index contributed by atoms with van der Waals surface area (Å²) in [5, 5.41) is 9.28. The van der Waals surface area contributed by atoms with Crippen LogP contribution in [0.4, 0.5) is 0 Å². The lowest BCUT2D eigenvalue weighted by atomic mass is 9.92. The number of carbonyl (C=O) groups excluding carboxylic acids is 1. The number of nitriles is 1. The molecule has 2 aromatic rings. The highest BCUT2D eigenvalue weighted by Crippen LogP contribution is 2.29. The van der Waals surface area contributed by atoms with Crippen LogP contribution in [-0.4, -0.2) is 12.9 Å². The molecule has 4 nitrogen and oxygen atoms in total. The van der Waals surface area contributed by atoms with Gasteiger partial charge in [-0.25, -0.2) is 0 Å². The first-order valence-corrected chi connectivity index (χ1v) is 6.27. The maximum absolute atomic E-state index is 12.3. The number of hydrogen-bond acceptors (Lipinski definition) is 4. The van der Waals surface area contributed by atoms with Crippen molar-refractivity contribution in [3.63, 3.8) is 0 Å². The van der Waals surface area contributed by atoms with E-state index in [1.54, 1.807) is 19.2 Å². The molecule has 0 fully saturated rings. The van der Waals surface area contributed by atoms with Gasteiger partial charge in [-0.2, -0.15) is 5.26 Å². The van der Waals surface area contributed by atoms with Crippen LogP contribution in [0.3, 0.4) is 0 Å². The minimum atomic E-state index is -0.945. The van der Waals surface area contributed by atoms with E-state index >= 15 is 0 Å². The number of carbonyl (C=O) groups is 1. The molecule has 1 heterocycles. The van der Waals surface area contributed by atoms with Crippen LogP contribution in [0.25, 0.3) is 0 Å². The van der Waals surface area contributed by atoms with Gasteiger partial charge in [0.25, 0.3) is 0 Å². The monoisotopic (exact) mass is 289 g/mol. The smallest absolute Gasteiger partial charge is 0.203 e. The van der Waals surface area contributed by atoms with E-state index in [9.17, 15) is 10.1 Å². The van der Waals surface area contributed by atoms with Gasteiger partial charge in [0.15, 0.2) is 5.78 Å². The zero-order valence-electron chi connectivity index (χ0n) is 11.0. The van der Waals surface area contributed by atoms with Gasteiger partial charge in [-0.05, 0) is 41.8 Å². The zero-order valence-corrected chi connectivity index (χ0v) is 11.8. The van der Waals surface area contributed by atoms with E-state index in [-0.39, 0.29) is 10.8 Å². The lowest BCUT2D eigenvalue weighted by Crippen LogP contribution is -2.11. The number of ether oxygens (including phenoxy) is 1. The second-order valence-corrected chi connectivity index (χ2v) is 4.61. The quantitative estimate of drug-likeness (QED) is 0.804. The van der Waals surface area contributed by atoms with Crippen LogP contribution < -0.4 is 4.74 Å². The number of hydrogen-bond donors (Lipinski definition) is 0. The summed E-state index contributed by atoms with van der Waals surface area (Å²) in [6, 6.07) is 8.69. The summed E-state index contributed by atoms with van der Waals surface area (Å²) in [6.07, 6.45) is 1.32. The molecule has 0 amide bonds. The van der Waals surface area contributed by atoms with Crippen LogP contribution in [-0.2, 0) is 0 Å². The van der Waals surface area contributed by atoms with Gasteiger partial charge >= 0.3 is 0 Å². The number of furan rings is 1. The minimum Gasteiger partial charge on any atom is -0.496 e. The van der Waals surface area contributed by atoms with Crippen molar-refractivity contribution >= 4 is 17.4 Å². The summed E-state index contributed by atoms with van der Waals surface area (Å²) < 4.78 is 10.1. The van der Waals surface area contributed by atoms with Crippen LogP contribution in [0.15, 0.2) is 34.9 Å². The maximum atomic E-state index is 12.3. The maximum Gasteiger partial charge on any atom is 0.203 e. The highest BCUT2D eigenvalue weighted by atomic mass is 35.5. The molecule has 20 heavy (non-hydrogen) atoms. The topological polar surface area (TPSA) is 63.2 Å². The fourth-order valence-corrected chi connectivity index (χ4v) is 2.13. The third-order valence-electron chi connectivity index (χ3n) is 3.04. The largest absolute Gasteiger partial charge is 0.496 e. The van der Waals surface area contributed by atoms with Crippen molar-refractivity contribution in [1.29, 1.82) is 5.26 Å². The highest BCUT2D eigenvalue weighted by molar-refractivity contribution is 6.32. The fraction of sp³-hybridized carbons (Fsp3) is 0.200. The van der Waals surface area contributed by atoms with Gasteiger partial charge < -0.3 is 9.15 Å². The first kappa shape index (κ1) is 14.2.